The van der Waals surface area contributed by atoms with E-state index in [0.717, 1.165) is 10.8 Å². The maximum Gasteiger partial charge on any atom is 0.0623 e. The van der Waals surface area contributed by atoms with Gasteiger partial charge in [0.1, 0.15) is 0 Å². The molecule has 0 nitrogen and oxygen atoms in total. The molecule has 0 fully saturated rings. The fraction of sp³-hybridized carbons (Fsp3) is 0. The van der Waals surface area contributed by atoms with Gasteiger partial charge >= 0.3 is 0 Å². The minimum absolute atomic E-state index is 0.542. The molecule has 0 N–H and O–H groups in total. The molecule has 40 heavy (non-hydrogen) atoms. The summed E-state index contributed by atoms with van der Waals surface area (Å²) in [6, 6.07) is 54.8. The van der Waals surface area contributed by atoms with Gasteiger partial charge < -0.3 is 0 Å². The van der Waals surface area contributed by atoms with Crippen LogP contribution in [0.15, 0.2) is 158 Å². The van der Waals surface area contributed by atoms with Crippen molar-refractivity contribution in [2.24, 2.45) is 0 Å². The van der Waals surface area contributed by atoms with Gasteiger partial charge in [-0.15, -0.1) is 0 Å². The molecule has 0 bridgehead atoms. The van der Waals surface area contributed by atoms with Crippen LogP contribution in [0.4, 0.5) is 0 Å². The Kier molecular flexibility index (Phi) is 5.00. The van der Waals surface area contributed by atoms with Gasteiger partial charge in [-0.25, -0.2) is 0 Å². The van der Waals surface area contributed by atoms with E-state index in [4.69, 9.17) is 1.37 Å². The van der Waals surface area contributed by atoms with Crippen LogP contribution in [0.2, 0.25) is 0 Å². The molecule has 0 amide bonds. The topological polar surface area (TPSA) is 0 Å². The Morgan fingerprint density at radius 1 is 0.325 bits per heavy atom. The minimum Gasteiger partial charge on any atom is -0.0616 e. The van der Waals surface area contributed by atoms with Crippen molar-refractivity contribution >= 4 is 43.1 Å². The smallest absolute Gasteiger partial charge is 0.0616 e. The second-order valence-corrected chi connectivity index (χ2v) is 10.4. The lowest BCUT2D eigenvalue weighted by atomic mass is 9.84. The highest BCUT2D eigenvalue weighted by atomic mass is 14.2. The number of hydrogen-bond donors (Lipinski definition) is 0. The first-order valence-corrected chi connectivity index (χ1v) is 13.8. The number of rotatable bonds is 3. The molecule has 186 valence electrons. The van der Waals surface area contributed by atoms with Crippen molar-refractivity contribution < 1.29 is 1.37 Å². The first-order valence-electron chi connectivity index (χ1n) is 14.3. The quantitative estimate of drug-likeness (QED) is 0.209. The van der Waals surface area contributed by atoms with Crippen LogP contribution in [-0.4, -0.2) is 0 Å². The van der Waals surface area contributed by atoms with Crippen LogP contribution in [0.5, 0.6) is 0 Å². The van der Waals surface area contributed by atoms with Crippen LogP contribution in [0.25, 0.3) is 76.5 Å². The zero-order chi connectivity index (χ0) is 27.3. The molecule has 0 aliphatic heterocycles. The average Bonchev–Trinajstić information content (AvgIpc) is 3.03. The largest absolute Gasteiger partial charge is 0.0623 e. The summed E-state index contributed by atoms with van der Waals surface area (Å²) in [6.45, 7) is 0. The molecule has 0 atom stereocenters. The molecule has 0 spiro atoms. The molecule has 0 heterocycles. The lowest BCUT2D eigenvalue weighted by Gasteiger charge is -2.19. The molecule has 0 aliphatic carbocycles. The maximum absolute atomic E-state index is 7.91. The summed E-state index contributed by atoms with van der Waals surface area (Å²) in [5.41, 5.74) is 7.42. The Hall–Kier alpha value is -5.20. The zero-order valence-corrected chi connectivity index (χ0v) is 21.9. The van der Waals surface area contributed by atoms with Crippen LogP contribution in [-0.2, 0) is 0 Å². The van der Waals surface area contributed by atoms with E-state index < -0.39 is 0 Å². The highest BCUT2D eigenvalue weighted by Gasteiger charge is 2.17. The Morgan fingerprint density at radius 2 is 0.875 bits per heavy atom. The van der Waals surface area contributed by atoms with Crippen LogP contribution < -0.4 is 0 Å². The van der Waals surface area contributed by atoms with Gasteiger partial charge in [-0.1, -0.05) is 152 Å². The van der Waals surface area contributed by atoms with Gasteiger partial charge in [0, 0.05) is 0 Å². The molecule has 0 saturated heterocycles. The summed E-state index contributed by atoms with van der Waals surface area (Å²) in [4.78, 5) is 0. The van der Waals surface area contributed by atoms with Gasteiger partial charge in [0.25, 0.3) is 0 Å². The predicted octanol–water partition coefficient (Wildman–Crippen LogP) is 11.3. The van der Waals surface area contributed by atoms with E-state index in [1.807, 2.05) is 18.2 Å². The number of fused-ring (bicyclic) bond motifs is 4. The van der Waals surface area contributed by atoms with Crippen molar-refractivity contribution in [2.45, 2.75) is 0 Å². The summed E-state index contributed by atoms with van der Waals surface area (Å²) in [5, 5.41) is 9.85. The summed E-state index contributed by atoms with van der Waals surface area (Å²) in [6.07, 6.45) is 0. The van der Waals surface area contributed by atoms with Gasteiger partial charge in [0.2, 0.25) is 0 Å². The van der Waals surface area contributed by atoms with Gasteiger partial charge in [-0.05, 0) is 82.5 Å². The van der Waals surface area contributed by atoms with Crippen LogP contribution >= 0.6 is 0 Å². The van der Waals surface area contributed by atoms with Gasteiger partial charge in [-0.3, -0.25) is 0 Å². The summed E-state index contributed by atoms with van der Waals surface area (Å²) >= 11 is 0. The van der Waals surface area contributed by atoms with E-state index in [2.05, 4.69) is 133 Å². The second-order valence-electron chi connectivity index (χ2n) is 10.4. The molecule has 0 heteroatoms. The lowest BCUT2D eigenvalue weighted by molar-refractivity contribution is 1.63. The fourth-order valence-electron chi connectivity index (χ4n) is 6.31. The van der Waals surface area contributed by atoms with Crippen molar-refractivity contribution in [3.05, 3.63) is 158 Å². The highest BCUT2D eigenvalue weighted by Crippen LogP contribution is 2.45. The first kappa shape index (κ1) is 21.7. The third-order valence-electron chi connectivity index (χ3n) is 8.18. The highest BCUT2D eigenvalue weighted by molar-refractivity contribution is 6.23. The van der Waals surface area contributed by atoms with E-state index in [9.17, 15) is 0 Å². The summed E-state index contributed by atoms with van der Waals surface area (Å²) in [5.74, 6) is 0. The Balaban J connectivity index is 1.34. The average molecular weight is 508 g/mol. The monoisotopic (exact) mass is 507 g/mol. The zero-order valence-electron chi connectivity index (χ0n) is 22.9. The molecule has 8 aromatic carbocycles. The molecule has 8 rings (SSSR count). The third kappa shape index (κ3) is 3.61. The Bertz CT molecular complexity index is 2200. The van der Waals surface area contributed by atoms with Crippen LogP contribution in [0, 0.1) is 0 Å². The Labute approximate surface area is 235 Å². The first-order chi connectivity index (χ1) is 20.2. The lowest BCUT2D eigenvalue weighted by Crippen LogP contribution is -1.91. The minimum atomic E-state index is 0.542. The number of benzene rings is 8. The molecular formula is C40H26. The van der Waals surface area contributed by atoms with Gasteiger partial charge in [0.15, 0.2) is 0 Å². The van der Waals surface area contributed by atoms with Crippen molar-refractivity contribution in [3.8, 4) is 33.4 Å². The molecule has 0 radical (unpaired) electrons. The van der Waals surface area contributed by atoms with Crippen LogP contribution in [0.3, 0.4) is 0 Å². The van der Waals surface area contributed by atoms with Crippen molar-refractivity contribution in [2.75, 3.05) is 0 Å². The standard InChI is InChI=1S/C40H26/c1-2-12-31-26-32(25-22-27(31)10-1)28-20-23-30(24-21-28)39-35-15-5-7-17-37(35)40(38-18-8-6-16-36(38)39)34-19-9-13-29-11-3-4-14-33(29)34/h1-26H/i1D. The van der Waals surface area contributed by atoms with Crippen molar-refractivity contribution in [1.82, 2.24) is 0 Å². The maximum atomic E-state index is 7.91. The molecular weight excluding hydrogens is 480 g/mol. The van der Waals surface area contributed by atoms with Gasteiger partial charge in [-0.2, -0.15) is 0 Å². The summed E-state index contributed by atoms with van der Waals surface area (Å²) < 4.78 is 7.91. The van der Waals surface area contributed by atoms with Crippen molar-refractivity contribution in [3.63, 3.8) is 0 Å². The molecule has 0 aromatic heterocycles. The SMILES string of the molecule is [2H]c1ccc2cc(-c3ccc(-c4c5ccccc5c(-c5cccc6ccccc56)c5ccccc45)cc3)ccc2c1. The van der Waals surface area contributed by atoms with Crippen molar-refractivity contribution in [1.29, 1.82) is 0 Å². The van der Waals surface area contributed by atoms with Gasteiger partial charge in [0.05, 0.1) is 1.37 Å². The van der Waals surface area contributed by atoms with E-state index in [0.29, 0.717) is 6.04 Å². The van der Waals surface area contributed by atoms with Crippen LogP contribution in [0.1, 0.15) is 1.37 Å². The normalized spacial score (nSPS) is 11.8. The summed E-state index contributed by atoms with van der Waals surface area (Å²) in [7, 11) is 0. The van der Waals surface area contributed by atoms with E-state index in [1.54, 1.807) is 0 Å². The fourth-order valence-corrected chi connectivity index (χ4v) is 6.31. The Morgan fingerprint density at radius 3 is 1.60 bits per heavy atom. The third-order valence-corrected chi connectivity index (χ3v) is 8.18. The molecule has 0 aliphatic rings. The predicted molar refractivity (Wildman–Crippen MR) is 173 cm³/mol. The number of hydrogen-bond acceptors (Lipinski definition) is 0. The molecule has 8 aromatic rings. The van der Waals surface area contributed by atoms with E-state index in [1.165, 1.54) is 65.7 Å². The second kappa shape index (κ2) is 9.22. The molecule has 0 unspecified atom stereocenters. The van der Waals surface area contributed by atoms with E-state index in [-0.39, 0.29) is 0 Å². The molecule has 0 saturated carbocycles. The van der Waals surface area contributed by atoms with E-state index >= 15 is 0 Å².